The van der Waals surface area contributed by atoms with Gasteiger partial charge in [0, 0.05) is 13.1 Å². The molecule has 0 atom stereocenters. The van der Waals surface area contributed by atoms with Crippen molar-refractivity contribution in [3.05, 3.63) is 29.9 Å². The van der Waals surface area contributed by atoms with Gasteiger partial charge < -0.3 is 9.64 Å². The molecule has 1 aliphatic rings. The number of aromatic nitrogens is 2. The van der Waals surface area contributed by atoms with Crippen LogP contribution in [-0.4, -0.2) is 36.3 Å². The van der Waals surface area contributed by atoms with E-state index in [1.54, 1.807) is 6.20 Å². The van der Waals surface area contributed by atoms with E-state index in [0.29, 0.717) is 11.6 Å². The number of hydrogen-bond donors (Lipinski definition) is 0. The van der Waals surface area contributed by atoms with Gasteiger partial charge in [0.25, 0.3) is 0 Å². The van der Waals surface area contributed by atoms with Gasteiger partial charge in [0.2, 0.25) is 0 Å². The summed E-state index contributed by atoms with van der Waals surface area (Å²) in [5.74, 6) is 0.836. The van der Waals surface area contributed by atoms with Crippen LogP contribution < -0.4 is 4.90 Å². The second-order valence-electron chi connectivity index (χ2n) is 4.24. The quantitative estimate of drug-likeness (QED) is 0.748. The van der Waals surface area contributed by atoms with Crippen molar-refractivity contribution in [2.75, 3.05) is 31.2 Å². The first-order chi connectivity index (χ1) is 8.74. The minimum Gasteiger partial charge on any atom is -0.378 e. The maximum atomic E-state index is 7.97. The number of hydrogen-bond acceptors (Lipinski definition) is 4. The third kappa shape index (κ3) is 2.08. The number of rotatable bonds is 1. The summed E-state index contributed by atoms with van der Waals surface area (Å²) >= 11 is 0. The van der Waals surface area contributed by atoms with E-state index in [9.17, 15) is 0 Å². The van der Waals surface area contributed by atoms with Gasteiger partial charge in [0.15, 0.2) is 0 Å². The lowest BCUT2D eigenvalue weighted by molar-refractivity contribution is 0.122. The summed E-state index contributed by atoms with van der Waals surface area (Å²) in [4.78, 5) is 11.1. The van der Waals surface area contributed by atoms with Crippen LogP contribution in [0.3, 0.4) is 0 Å². The van der Waals surface area contributed by atoms with E-state index < -0.39 is 0 Å². The van der Waals surface area contributed by atoms with Gasteiger partial charge in [0.1, 0.15) is 5.82 Å². The highest BCUT2D eigenvalue weighted by Crippen LogP contribution is 2.17. The van der Waals surface area contributed by atoms with Crippen LogP contribution in [0, 0.1) is 6.92 Å². The van der Waals surface area contributed by atoms with E-state index in [2.05, 4.69) is 14.9 Å². The smallest absolute Gasteiger partial charge is 0.148 e. The Morgan fingerprint density at radius 3 is 3.00 bits per heavy atom. The van der Waals surface area contributed by atoms with Gasteiger partial charge in [0.05, 0.1) is 31.8 Å². The molecule has 17 heavy (non-hydrogen) atoms. The Labute approximate surface area is 102 Å². The zero-order valence-corrected chi connectivity index (χ0v) is 9.81. The number of aryl methyl sites for hydroxylation is 1. The molecule has 4 nitrogen and oxygen atoms in total. The predicted octanol–water partition coefficient (Wildman–Crippen LogP) is 1.77. The maximum Gasteiger partial charge on any atom is 0.148 e. The van der Waals surface area contributed by atoms with Gasteiger partial charge in [-0.15, -0.1) is 0 Å². The number of benzene rings is 1. The zero-order chi connectivity index (χ0) is 12.5. The lowest BCUT2D eigenvalue weighted by atomic mass is 10.2. The highest BCUT2D eigenvalue weighted by molar-refractivity contribution is 5.76. The third-order valence-electron chi connectivity index (χ3n) is 2.92. The van der Waals surface area contributed by atoms with Crippen molar-refractivity contribution in [2.45, 2.75) is 6.92 Å². The molecule has 2 heterocycles. The number of nitrogens with zero attached hydrogens (tertiary/aromatic N) is 3. The first kappa shape index (κ1) is 9.36. The van der Waals surface area contributed by atoms with Crippen LogP contribution >= 0.6 is 0 Å². The lowest BCUT2D eigenvalue weighted by Gasteiger charge is -2.27. The topological polar surface area (TPSA) is 38.2 Å². The molecule has 2 aromatic rings. The van der Waals surface area contributed by atoms with Crippen molar-refractivity contribution in [3.63, 3.8) is 0 Å². The molecule has 0 aliphatic carbocycles. The average molecular weight is 230 g/mol. The molecule has 1 fully saturated rings. The summed E-state index contributed by atoms with van der Waals surface area (Å²) in [6, 6.07) is 4.22. The van der Waals surface area contributed by atoms with E-state index in [1.165, 1.54) is 0 Å². The minimum absolute atomic E-state index is 0.438. The van der Waals surface area contributed by atoms with Crippen molar-refractivity contribution < 1.29 is 6.11 Å². The number of morpholine rings is 1. The Balaban J connectivity index is 2.04. The van der Waals surface area contributed by atoms with Gasteiger partial charge in [-0.3, -0.25) is 4.98 Å². The summed E-state index contributed by atoms with van der Waals surface area (Å²) in [5.41, 5.74) is 2.50. The van der Waals surface area contributed by atoms with Gasteiger partial charge in [-0.25, -0.2) is 4.98 Å². The van der Waals surface area contributed by atoms with Gasteiger partial charge in [-0.1, -0.05) is 6.07 Å². The van der Waals surface area contributed by atoms with Gasteiger partial charge in [-0.05, 0) is 24.6 Å². The molecule has 0 amide bonds. The second-order valence-corrected chi connectivity index (χ2v) is 4.24. The molecule has 1 aliphatic heterocycles. The summed E-state index contributed by atoms with van der Waals surface area (Å²) in [5, 5.41) is 0. The van der Waals surface area contributed by atoms with Crippen LogP contribution in [0.4, 0.5) is 5.82 Å². The van der Waals surface area contributed by atoms with E-state index in [4.69, 9.17) is 6.11 Å². The Bertz CT molecular complexity index is 582. The highest BCUT2D eigenvalue weighted by atomic mass is 16.5. The lowest BCUT2D eigenvalue weighted by Crippen LogP contribution is -2.36. The molecule has 1 aromatic carbocycles. The van der Waals surface area contributed by atoms with Crippen molar-refractivity contribution >= 4 is 16.9 Å². The standard InChI is InChI=1S/C13H15N3O/c1-10-2-3-11-12(8-10)14-9-13(15-11)16-4-6-17-7-5-16/h2-3,8-9H,4-7H2,1H3/i3D. The fourth-order valence-corrected chi connectivity index (χ4v) is 1.99. The summed E-state index contributed by atoms with van der Waals surface area (Å²) in [6.45, 7) is 5.08. The molecule has 0 bridgehead atoms. The average Bonchev–Trinajstić information content (AvgIpc) is 2.39. The Hall–Kier alpha value is -1.68. The first-order valence-corrected chi connectivity index (χ1v) is 5.81. The molecule has 1 aromatic heterocycles. The van der Waals surface area contributed by atoms with Crippen molar-refractivity contribution in [1.82, 2.24) is 9.97 Å². The van der Waals surface area contributed by atoms with Crippen LogP contribution in [0.5, 0.6) is 0 Å². The molecular formula is C13H15N3O. The monoisotopic (exact) mass is 230 g/mol. The highest BCUT2D eigenvalue weighted by Gasteiger charge is 2.13. The van der Waals surface area contributed by atoms with Gasteiger partial charge >= 0.3 is 0 Å². The van der Waals surface area contributed by atoms with Crippen LogP contribution in [0.25, 0.3) is 11.0 Å². The molecule has 0 N–H and O–H groups in total. The molecule has 0 saturated carbocycles. The Morgan fingerprint density at radius 1 is 1.35 bits per heavy atom. The zero-order valence-electron chi connectivity index (χ0n) is 10.8. The Kier molecular flexibility index (Phi) is 2.37. The molecule has 0 unspecified atom stereocenters. The van der Waals surface area contributed by atoms with E-state index in [0.717, 1.165) is 43.2 Å². The predicted molar refractivity (Wildman–Crippen MR) is 67.3 cm³/mol. The molecule has 3 rings (SSSR count). The molecule has 88 valence electrons. The molecule has 0 radical (unpaired) electrons. The number of anilines is 1. The first-order valence-electron chi connectivity index (χ1n) is 6.31. The largest absolute Gasteiger partial charge is 0.378 e. The maximum absolute atomic E-state index is 7.97. The minimum atomic E-state index is 0.438. The number of fused-ring (bicyclic) bond motifs is 1. The van der Waals surface area contributed by atoms with Gasteiger partial charge in [-0.2, -0.15) is 0 Å². The normalized spacial score (nSPS) is 17.2. The summed E-state index contributed by atoms with van der Waals surface area (Å²) in [6.07, 6.45) is 1.78. The molecule has 1 saturated heterocycles. The summed E-state index contributed by atoms with van der Waals surface area (Å²) < 4.78 is 13.3. The Morgan fingerprint density at radius 2 is 2.18 bits per heavy atom. The van der Waals surface area contributed by atoms with E-state index in [-0.39, 0.29) is 0 Å². The number of ether oxygens (including phenoxy) is 1. The van der Waals surface area contributed by atoms with Crippen LogP contribution in [0.15, 0.2) is 24.4 Å². The van der Waals surface area contributed by atoms with E-state index >= 15 is 0 Å². The van der Waals surface area contributed by atoms with E-state index in [1.807, 2.05) is 19.1 Å². The fraction of sp³-hybridized carbons (Fsp3) is 0.385. The molecule has 0 spiro atoms. The fourth-order valence-electron chi connectivity index (χ4n) is 1.99. The van der Waals surface area contributed by atoms with Crippen LogP contribution in [-0.2, 0) is 4.74 Å². The second kappa shape index (κ2) is 4.30. The third-order valence-corrected chi connectivity index (χ3v) is 2.92. The van der Waals surface area contributed by atoms with Crippen molar-refractivity contribution in [2.24, 2.45) is 0 Å². The molecular weight excluding hydrogens is 214 g/mol. The van der Waals surface area contributed by atoms with Crippen molar-refractivity contribution in [1.29, 1.82) is 0 Å². The molecule has 4 heteroatoms. The van der Waals surface area contributed by atoms with Crippen LogP contribution in [0.2, 0.25) is 0 Å². The van der Waals surface area contributed by atoms with Crippen LogP contribution in [0.1, 0.15) is 6.93 Å². The van der Waals surface area contributed by atoms with Crippen molar-refractivity contribution in [3.8, 4) is 0 Å². The summed E-state index contributed by atoms with van der Waals surface area (Å²) in [7, 11) is 0. The SMILES string of the molecule is [2H]c1cc(C)cc2ncc(N3CCOCC3)nc12.